The van der Waals surface area contributed by atoms with Gasteiger partial charge in [-0.25, -0.2) is 36.9 Å². The molecule has 48 heavy (non-hydrogen) atoms. The number of halogens is 5. The van der Waals surface area contributed by atoms with Crippen molar-refractivity contribution in [3.8, 4) is 11.5 Å². The lowest BCUT2D eigenvalue weighted by Crippen LogP contribution is -2.46. The predicted molar refractivity (Wildman–Crippen MR) is 177 cm³/mol. The van der Waals surface area contributed by atoms with Crippen molar-refractivity contribution >= 4 is 37.8 Å². The zero-order valence-electron chi connectivity index (χ0n) is 27.7. The number of anilines is 1. The van der Waals surface area contributed by atoms with Gasteiger partial charge in [0.2, 0.25) is 5.82 Å². The lowest BCUT2D eigenvalue weighted by atomic mass is 10.1. The fraction of sp³-hybridized carbons (Fsp3) is 0.594. The van der Waals surface area contributed by atoms with Gasteiger partial charge in [0.1, 0.15) is 18.2 Å². The summed E-state index contributed by atoms with van der Waals surface area (Å²) >= 11 is 0. The van der Waals surface area contributed by atoms with Crippen LogP contribution in [0.3, 0.4) is 0 Å². The van der Waals surface area contributed by atoms with Crippen molar-refractivity contribution in [1.29, 1.82) is 0 Å². The first-order chi connectivity index (χ1) is 22.7. The number of nitrogens with zero attached hydrogens (tertiary/aromatic N) is 4. The number of nitrogen functional groups attached to an aromatic ring is 1. The first-order valence-corrected chi connectivity index (χ1v) is 21.0. The molecule has 0 bridgehead atoms. The van der Waals surface area contributed by atoms with Crippen LogP contribution in [0.15, 0.2) is 12.7 Å². The molecule has 0 radical (unpaired) electrons. The van der Waals surface area contributed by atoms with Crippen molar-refractivity contribution in [2.75, 3.05) is 18.7 Å². The van der Waals surface area contributed by atoms with E-state index in [0.717, 1.165) is 64.2 Å². The molecule has 0 spiro atoms. The Morgan fingerprint density at radius 2 is 1.42 bits per heavy atom. The molecule has 0 aliphatic rings. The molecule has 3 aromatic rings. The minimum absolute atomic E-state index is 0.190. The van der Waals surface area contributed by atoms with Crippen LogP contribution in [-0.4, -0.2) is 51.5 Å². The number of ether oxygens (including phenoxy) is 1. The van der Waals surface area contributed by atoms with Gasteiger partial charge < -0.3 is 24.5 Å². The van der Waals surface area contributed by atoms with Crippen molar-refractivity contribution in [2.24, 2.45) is 0 Å². The number of rotatable bonds is 20. The molecule has 2 aromatic heterocycles. The van der Waals surface area contributed by atoms with E-state index in [1.807, 2.05) is 0 Å². The maximum atomic E-state index is 14.2. The maximum Gasteiger partial charge on any atom is 0.353 e. The zero-order chi connectivity index (χ0) is 35.3. The number of hydrogen-bond acceptors (Lipinski definition) is 7. The summed E-state index contributed by atoms with van der Waals surface area (Å²) < 4.78 is 93.7. The van der Waals surface area contributed by atoms with Crippen LogP contribution in [0.4, 0.5) is 27.8 Å². The van der Waals surface area contributed by atoms with E-state index in [1.165, 1.54) is 19.4 Å². The van der Waals surface area contributed by atoms with Gasteiger partial charge in [-0.05, 0) is 19.8 Å². The molecule has 0 aliphatic heterocycles. The molecule has 266 valence electrons. The first-order valence-electron chi connectivity index (χ1n) is 16.3. The highest BCUT2D eigenvalue weighted by Crippen LogP contribution is 2.42. The monoisotopic (exact) mass is 717 g/mol. The van der Waals surface area contributed by atoms with Crippen LogP contribution < -0.4 is 10.9 Å². The van der Waals surface area contributed by atoms with Crippen LogP contribution in [0.25, 0.3) is 11.2 Å². The number of benzene rings is 1. The number of aromatic nitrogens is 4. The van der Waals surface area contributed by atoms with E-state index in [1.54, 1.807) is 17.8 Å². The Morgan fingerprint density at radius 1 is 0.875 bits per heavy atom. The molecule has 0 aliphatic carbocycles. The summed E-state index contributed by atoms with van der Waals surface area (Å²) in [4.78, 5) is 22.4. The van der Waals surface area contributed by atoms with E-state index in [9.17, 15) is 31.4 Å². The van der Waals surface area contributed by atoms with Crippen LogP contribution in [-0.2, 0) is 20.4 Å². The van der Waals surface area contributed by atoms with E-state index in [-0.39, 0.29) is 18.5 Å². The highest BCUT2D eigenvalue weighted by molar-refractivity contribution is 7.52. The largest absolute Gasteiger partial charge is 0.382 e. The van der Waals surface area contributed by atoms with Gasteiger partial charge in [0.15, 0.2) is 42.8 Å². The molecule has 0 saturated heterocycles. The molecule has 2 heterocycles. The van der Waals surface area contributed by atoms with Gasteiger partial charge in [-0.15, -0.1) is 11.5 Å². The molecule has 9 nitrogen and oxygen atoms in total. The summed E-state index contributed by atoms with van der Waals surface area (Å²) in [5, 5.41) is -0.775. The number of unbranched alkanes of at least 4 members (excludes halogenated alkanes) is 11. The van der Waals surface area contributed by atoms with Gasteiger partial charge in [0.05, 0.1) is 25.6 Å². The third-order valence-corrected chi connectivity index (χ3v) is 11.4. The smallest absolute Gasteiger partial charge is 0.353 e. The molecule has 1 unspecified atom stereocenters. The average Bonchev–Trinajstić information content (AvgIpc) is 3.45. The summed E-state index contributed by atoms with van der Waals surface area (Å²) in [7, 11) is -7.06. The molecular formula is C32H45F5N5O4PSi. The number of imidazole rings is 1. The zero-order valence-corrected chi connectivity index (χ0v) is 29.6. The van der Waals surface area contributed by atoms with Crippen LogP contribution in [0.2, 0.25) is 13.1 Å². The van der Waals surface area contributed by atoms with Gasteiger partial charge in [-0.1, -0.05) is 70.9 Å². The Labute approximate surface area is 279 Å². The fourth-order valence-electron chi connectivity index (χ4n) is 5.23. The second kappa shape index (κ2) is 18.8. The molecule has 1 aromatic carbocycles. The number of hydrogen-bond donors (Lipinski definition) is 2. The normalized spacial score (nSPS) is 13.8. The molecule has 0 saturated carbocycles. The van der Waals surface area contributed by atoms with Gasteiger partial charge in [-0.2, -0.15) is 0 Å². The van der Waals surface area contributed by atoms with Crippen molar-refractivity contribution in [2.45, 2.75) is 110 Å². The second-order valence-electron chi connectivity index (χ2n) is 12.4. The number of nitrogens with two attached hydrogens (primary N) is 1. The SMILES string of the molecule is C[C@H](Cn1cnc2c(N)ncnc21)OCP(=O)(O)OCCCCCCCCCCCCCC#C[Si](C)(C)c1c(F)c(F)c(F)c(F)c1F. The van der Waals surface area contributed by atoms with Crippen LogP contribution >= 0.6 is 7.60 Å². The van der Waals surface area contributed by atoms with E-state index in [0.29, 0.717) is 30.6 Å². The van der Waals surface area contributed by atoms with Crippen LogP contribution in [0, 0.1) is 40.6 Å². The van der Waals surface area contributed by atoms with Crippen LogP contribution in [0.5, 0.6) is 0 Å². The van der Waals surface area contributed by atoms with Gasteiger partial charge in [0.25, 0.3) is 0 Å². The minimum atomic E-state index is -3.87. The van der Waals surface area contributed by atoms with E-state index in [2.05, 4.69) is 26.4 Å². The van der Waals surface area contributed by atoms with E-state index in [4.69, 9.17) is 15.0 Å². The van der Waals surface area contributed by atoms with Crippen molar-refractivity contribution < 1.29 is 40.7 Å². The van der Waals surface area contributed by atoms with E-state index < -0.39 is 56.3 Å². The second-order valence-corrected chi connectivity index (χ2v) is 18.2. The number of fused-ring (bicyclic) bond motifs is 1. The standard InChI is InChI=1S/C32H45F5N5O4PSi/c1-23(19-42-21-41-29-31(38)39-20-40-32(29)42)45-22-47(43,44)46-17-15-13-11-9-7-5-4-6-8-10-12-14-16-18-48(2,3)30-27(36)25(34)24(33)26(35)28(30)37/h20-21,23H,4-15,17,19,22H2,1-3H3,(H,43,44)(H2,38,39,40)/t23-/m1/s1. The molecule has 3 rings (SSSR count). The van der Waals surface area contributed by atoms with Gasteiger partial charge >= 0.3 is 7.60 Å². The van der Waals surface area contributed by atoms with E-state index >= 15 is 0 Å². The molecule has 16 heteroatoms. The van der Waals surface area contributed by atoms with Crippen molar-refractivity contribution in [3.63, 3.8) is 0 Å². The molecular weight excluding hydrogens is 672 g/mol. The third-order valence-electron chi connectivity index (χ3n) is 7.88. The third kappa shape index (κ3) is 11.6. The van der Waals surface area contributed by atoms with Crippen LogP contribution in [0.1, 0.15) is 84.0 Å². The first kappa shape index (κ1) is 39.5. The Hall–Kier alpha value is -2.89. The topological polar surface area (TPSA) is 125 Å². The fourth-order valence-corrected chi connectivity index (χ4v) is 8.17. The summed E-state index contributed by atoms with van der Waals surface area (Å²) in [6.45, 7) is 5.28. The maximum absolute atomic E-state index is 14.2. The minimum Gasteiger partial charge on any atom is -0.382 e. The highest BCUT2D eigenvalue weighted by Gasteiger charge is 2.35. The Morgan fingerprint density at radius 3 is 2.02 bits per heavy atom. The van der Waals surface area contributed by atoms with Gasteiger partial charge in [-0.3, -0.25) is 4.57 Å². The Kier molecular flexibility index (Phi) is 15.5. The highest BCUT2D eigenvalue weighted by atomic mass is 31.2. The Bertz CT molecular complexity index is 1590. The lowest BCUT2D eigenvalue weighted by Gasteiger charge is -2.18. The lowest BCUT2D eigenvalue weighted by molar-refractivity contribution is 0.0715. The molecule has 2 atom stereocenters. The summed E-state index contributed by atoms with van der Waals surface area (Å²) in [5.74, 6) is -6.41. The molecule has 0 fully saturated rings. The summed E-state index contributed by atoms with van der Waals surface area (Å²) in [5.41, 5.74) is 9.66. The summed E-state index contributed by atoms with van der Waals surface area (Å²) in [6.07, 6.45) is 13.5. The predicted octanol–water partition coefficient (Wildman–Crippen LogP) is 7.51. The quantitative estimate of drug-likeness (QED) is 0.0234. The average molecular weight is 718 g/mol. The van der Waals surface area contributed by atoms with Gasteiger partial charge in [0, 0.05) is 11.6 Å². The van der Waals surface area contributed by atoms with Crippen molar-refractivity contribution in [3.05, 3.63) is 41.7 Å². The molecule has 3 N–H and O–H groups in total. The Balaban J connectivity index is 1.17. The van der Waals surface area contributed by atoms with Crippen molar-refractivity contribution in [1.82, 2.24) is 19.5 Å². The summed E-state index contributed by atoms with van der Waals surface area (Å²) in [6, 6.07) is 0. The molecule has 0 amide bonds.